The number of rotatable bonds is 9. The summed E-state index contributed by atoms with van der Waals surface area (Å²) in [6, 6.07) is 17.7. The minimum Gasteiger partial charge on any atom is -0.399 e. The molecule has 14 heteroatoms. The first-order chi connectivity index (χ1) is 23.5. The van der Waals surface area contributed by atoms with Gasteiger partial charge in [-0.1, -0.05) is 26.8 Å². The number of hydrogen-bond acceptors (Lipinski definition) is 10. The summed E-state index contributed by atoms with van der Waals surface area (Å²) in [6.07, 6.45) is 3.44. The van der Waals surface area contributed by atoms with Crippen LogP contribution in [0, 0.1) is 0 Å². The molecule has 14 nitrogen and oxygen atoms in total. The van der Waals surface area contributed by atoms with Gasteiger partial charge < -0.3 is 31.5 Å². The average Bonchev–Trinajstić information content (AvgIpc) is 3.50. The number of urea groups is 1. The Kier molecular flexibility index (Phi) is 9.69. The number of fused-ring (bicyclic) bond motifs is 1. The molecule has 6 N–H and O–H groups in total. The number of nitrogens with one attached hydrogen (secondary N) is 4. The molecule has 0 bridgehead atoms. The van der Waals surface area contributed by atoms with Crippen LogP contribution in [-0.2, 0) is 10.2 Å². The van der Waals surface area contributed by atoms with Crippen molar-refractivity contribution in [3.63, 3.8) is 0 Å². The molecule has 1 saturated heterocycles. The maximum absolute atomic E-state index is 13.1. The Labute approximate surface area is 285 Å². The van der Waals surface area contributed by atoms with E-state index in [-0.39, 0.29) is 11.3 Å². The van der Waals surface area contributed by atoms with Gasteiger partial charge in [-0.15, -0.1) is 0 Å². The van der Waals surface area contributed by atoms with Gasteiger partial charge in [-0.2, -0.15) is 5.10 Å². The fraction of sp³-hybridized carbons (Fsp3) is 0.314. The molecule has 1 aliphatic heterocycles. The maximum Gasteiger partial charge on any atom is 0.324 e. The lowest BCUT2D eigenvalue weighted by atomic mass is 9.92. The van der Waals surface area contributed by atoms with Crippen LogP contribution in [0.4, 0.5) is 39.3 Å². The Hall–Kier alpha value is -5.60. The number of nitrogens with two attached hydrogens (primary N) is 1. The fourth-order valence-electron chi connectivity index (χ4n) is 5.42. The van der Waals surface area contributed by atoms with Crippen molar-refractivity contribution in [3.05, 3.63) is 78.9 Å². The van der Waals surface area contributed by atoms with Crippen molar-refractivity contribution in [2.24, 2.45) is 0 Å². The van der Waals surface area contributed by atoms with Crippen molar-refractivity contribution in [1.29, 1.82) is 0 Å². The average molecular weight is 663 g/mol. The lowest BCUT2D eigenvalue weighted by molar-refractivity contribution is -0.116. The van der Waals surface area contributed by atoms with E-state index in [1.54, 1.807) is 35.1 Å². The summed E-state index contributed by atoms with van der Waals surface area (Å²) in [5, 5.41) is 17.4. The normalized spacial score (nSPS) is 14.0. The zero-order valence-electron chi connectivity index (χ0n) is 28.2. The Balaban J connectivity index is 1.09. The van der Waals surface area contributed by atoms with Crippen LogP contribution in [0.3, 0.4) is 0 Å². The Morgan fingerprint density at radius 2 is 1.67 bits per heavy atom. The third-order valence-electron chi connectivity index (χ3n) is 8.27. The molecule has 49 heavy (non-hydrogen) atoms. The summed E-state index contributed by atoms with van der Waals surface area (Å²) in [5.74, 6) is 1.51. The molecule has 2 aromatic carbocycles. The highest BCUT2D eigenvalue weighted by atomic mass is 16.2. The van der Waals surface area contributed by atoms with Crippen molar-refractivity contribution in [2.45, 2.75) is 32.6 Å². The van der Waals surface area contributed by atoms with E-state index in [1.807, 2.05) is 36.4 Å². The Bertz CT molecular complexity index is 1940. The minimum absolute atomic E-state index is 0.0395. The molecule has 3 aromatic heterocycles. The number of hydrogen-bond donors (Lipinski definition) is 5. The monoisotopic (exact) mass is 662 g/mol. The fourth-order valence-corrected chi connectivity index (χ4v) is 5.42. The first-order valence-electron chi connectivity index (χ1n) is 16.2. The van der Waals surface area contributed by atoms with Crippen LogP contribution in [0.1, 0.15) is 32.9 Å². The van der Waals surface area contributed by atoms with Gasteiger partial charge in [-0.05, 0) is 55.6 Å². The highest BCUT2D eigenvalue weighted by Gasteiger charge is 2.22. The topological polar surface area (TPSA) is 171 Å². The molecule has 254 valence electrons. The lowest BCUT2D eigenvalue weighted by Gasteiger charge is -2.32. The van der Waals surface area contributed by atoms with Crippen LogP contribution in [0.15, 0.2) is 73.2 Å². The van der Waals surface area contributed by atoms with Crippen molar-refractivity contribution < 1.29 is 9.59 Å². The summed E-state index contributed by atoms with van der Waals surface area (Å²) in [4.78, 5) is 43.7. The highest BCUT2D eigenvalue weighted by molar-refractivity contribution is 6.00. The number of aromatic nitrogens is 5. The second-order valence-corrected chi connectivity index (χ2v) is 13.2. The number of anilines is 6. The van der Waals surface area contributed by atoms with Crippen LogP contribution in [0.25, 0.3) is 16.6 Å². The quantitative estimate of drug-likeness (QED) is 0.135. The number of benzene rings is 2. The van der Waals surface area contributed by atoms with E-state index in [1.165, 1.54) is 6.33 Å². The SMILES string of the molecule is CN1CCN(CCC(=O)Nc2ccc3ncnc(Nc4ccc(NC(=O)Nc5cc(C(C)(C)C)nn5-c5cccc(N)c5)cn4)c3c2)CC1. The number of carbonyl (C=O) groups excluding carboxylic acids is 2. The van der Waals surface area contributed by atoms with Crippen LogP contribution < -0.4 is 27.0 Å². The van der Waals surface area contributed by atoms with E-state index in [4.69, 9.17) is 10.8 Å². The van der Waals surface area contributed by atoms with Gasteiger partial charge in [0, 0.05) is 67.4 Å². The van der Waals surface area contributed by atoms with Gasteiger partial charge in [0.15, 0.2) is 0 Å². The van der Waals surface area contributed by atoms with Crippen molar-refractivity contribution >= 4 is 57.4 Å². The number of amides is 3. The molecular weight excluding hydrogens is 620 g/mol. The van der Waals surface area contributed by atoms with Crippen molar-refractivity contribution in [2.75, 3.05) is 66.8 Å². The van der Waals surface area contributed by atoms with Crippen LogP contribution in [0.5, 0.6) is 0 Å². The van der Waals surface area contributed by atoms with Gasteiger partial charge in [-0.3, -0.25) is 10.1 Å². The largest absolute Gasteiger partial charge is 0.399 e. The van der Waals surface area contributed by atoms with Gasteiger partial charge in [0.2, 0.25) is 5.91 Å². The van der Waals surface area contributed by atoms with Gasteiger partial charge in [0.25, 0.3) is 0 Å². The van der Waals surface area contributed by atoms with E-state index in [0.29, 0.717) is 40.9 Å². The number of likely N-dealkylation sites (N-methyl/N-ethyl adjacent to an activating group) is 1. The molecule has 3 amide bonds. The maximum atomic E-state index is 13.1. The van der Waals surface area contributed by atoms with E-state index in [9.17, 15) is 9.59 Å². The van der Waals surface area contributed by atoms with Gasteiger partial charge >= 0.3 is 6.03 Å². The molecule has 4 heterocycles. The second-order valence-electron chi connectivity index (χ2n) is 13.2. The van der Waals surface area contributed by atoms with E-state index in [2.05, 4.69) is 73.8 Å². The Morgan fingerprint density at radius 3 is 2.41 bits per heavy atom. The minimum atomic E-state index is -0.451. The highest BCUT2D eigenvalue weighted by Crippen LogP contribution is 2.28. The summed E-state index contributed by atoms with van der Waals surface area (Å²) < 4.78 is 1.67. The summed E-state index contributed by atoms with van der Waals surface area (Å²) in [7, 11) is 2.12. The predicted molar refractivity (Wildman–Crippen MR) is 194 cm³/mol. The molecule has 0 radical (unpaired) electrons. The number of pyridine rings is 1. The van der Waals surface area contributed by atoms with Crippen LogP contribution >= 0.6 is 0 Å². The van der Waals surface area contributed by atoms with Gasteiger partial charge in [0.05, 0.1) is 28.8 Å². The first kappa shape index (κ1) is 33.3. The van der Waals surface area contributed by atoms with Crippen molar-refractivity contribution in [3.8, 4) is 5.69 Å². The smallest absolute Gasteiger partial charge is 0.324 e. The molecule has 1 aliphatic rings. The Morgan fingerprint density at radius 1 is 0.878 bits per heavy atom. The number of piperazine rings is 1. The molecule has 0 atom stereocenters. The van der Waals surface area contributed by atoms with Crippen LogP contribution in [-0.4, -0.2) is 86.2 Å². The third kappa shape index (κ3) is 8.47. The summed E-state index contributed by atoms with van der Waals surface area (Å²) >= 11 is 0. The molecule has 0 saturated carbocycles. The molecule has 0 aliphatic carbocycles. The molecule has 0 unspecified atom stereocenters. The third-order valence-corrected chi connectivity index (χ3v) is 8.27. The molecule has 0 spiro atoms. The predicted octanol–water partition coefficient (Wildman–Crippen LogP) is 5.05. The van der Waals surface area contributed by atoms with E-state index >= 15 is 0 Å². The molecule has 1 fully saturated rings. The number of nitrogens with zero attached hydrogens (tertiary/aromatic N) is 7. The second kappa shape index (κ2) is 14.3. The lowest BCUT2D eigenvalue weighted by Crippen LogP contribution is -2.45. The molecule has 6 rings (SSSR count). The molecular formula is C35H42N12O2. The number of nitrogen functional groups attached to an aromatic ring is 1. The van der Waals surface area contributed by atoms with Crippen molar-refractivity contribution in [1.82, 2.24) is 34.5 Å². The summed E-state index contributed by atoms with van der Waals surface area (Å²) in [5.41, 5.74) is 9.79. The molecule has 5 aromatic rings. The van der Waals surface area contributed by atoms with Gasteiger partial charge in [0.1, 0.15) is 23.8 Å². The first-order valence-corrected chi connectivity index (χ1v) is 16.2. The van der Waals surface area contributed by atoms with Gasteiger partial charge in [-0.25, -0.2) is 24.4 Å². The zero-order valence-corrected chi connectivity index (χ0v) is 28.2. The zero-order chi connectivity index (χ0) is 34.5. The number of carbonyl (C=O) groups is 2. The van der Waals surface area contributed by atoms with Crippen LogP contribution in [0.2, 0.25) is 0 Å². The summed E-state index contributed by atoms with van der Waals surface area (Å²) in [6.45, 7) is 10.9. The standard InChI is InChI=1S/C35H42N12O2/c1-35(2,3)29-20-31(47(44-29)26-7-5-6-23(36)18-26)43-34(49)41-25-9-11-30(37-21-25)42-33-27-19-24(8-10-28(27)38-22-39-33)40-32(48)12-13-46-16-14-45(4)15-17-46/h5-11,18-22H,12-17,36H2,1-4H3,(H,40,48)(H2,41,43,49)(H,37,38,39,42). The van der Waals surface area contributed by atoms with E-state index in [0.717, 1.165) is 55.0 Å². The van der Waals surface area contributed by atoms with E-state index < -0.39 is 6.03 Å².